The minimum absolute atomic E-state index is 0.931. The molecule has 0 atom stereocenters. The van der Waals surface area contributed by atoms with Crippen LogP contribution in [0.2, 0.25) is 0 Å². The lowest BCUT2D eigenvalue weighted by Crippen LogP contribution is -2.57. The van der Waals surface area contributed by atoms with Crippen LogP contribution in [0.5, 0.6) is 0 Å². The fourth-order valence-electron chi connectivity index (χ4n) is 0.607. The van der Waals surface area contributed by atoms with Crippen molar-refractivity contribution >= 4 is 17.8 Å². The Balaban J connectivity index is 2.82. The summed E-state index contributed by atoms with van der Waals surface area (Å²) in [7, 11) is 0. The summed E-state index contributed by atoms with van der Waals surface area (Å²) in [5, 5.41) is 5.63. The zero-order valence-corrected chi connectivity index (χ0v) is 5.16. The zero-order valence-electron chi connectivity index (χ0n) is 5.16. The van der Waals surface area contributed by atoms with E-state index in [-0.39, 0.29) is 0 Å². The first kappa shape index (κ1) is 7.32. The molecule has 0 radical (unpaired) electrons. The maximum absolute atomic E-state index is 10.6. The number of carbonyl (C=O) groups excluding carboxylic acids is 3. The van der Waals surface area contributed by atoms with E-state index in [2.05, 4.69) is 5.18 Å². The van der Waals surface area contributed by atoms with Crippen molar-refractivity contribution in [2.24, 2.45) is 5.18 Å². The summed E-state index contributed by atoms with van der Waals surface area (Å²) in [4.78, 5) is 41.3. The van der Waals surface area contributed by atoms with Gasteiger partial charge in [0.15, 0.2) is 0 Å². The number of nitroso groups, excluding NO2 is 1. The van der Waals surface area contributed by atoms with E-state index < -0.39 is 23.9 Å². The van der Waals surface area contributed by atoms with Crippen LogP contribution >= 0.6 is 0 Å². The van der Waals surface area contributed by atoms with Crippen LogP contribution in [0.15, 0.2) is 5.18 Å². The van der Waals surface area contributed by atoms with Gasteiger partial charge < -0.3 is 0 Å². The highest BCUT2D eigenvalue weighted by molar-refractivity contribution is 6.18. The summed E-state index contributed by atoms with van der Waals surface area (Å²) in [6, 6.07) is -2.58. The Morgan fingerprint density at radius 2 is 1.55 bits per heavy atom. The van der Waals surface area contributed by atoms with E-state index in [0.717, 1.165) is 0 Å². The van der Waals surface area contributed by atoms with E-state index in [4.69, 9.17) is 0 Å². The number of hydrogen-bond acceptors (Lipinski definition) is 5. The Bertz CT molecular complexity index is 228. The predicted octanol–water partition coefficient (Wildman–Crippen LogP) is -1.51. The van der Waals surface area contributed by atoms with Crippen LogP contribution in [0.1, 0.15) is 0 Å². The van der Waals surface area contributed by atoms with Gasteiger partial charge in [-0.05, 0) is 5.18 Å². The summed E-state index contributed by atoms with van der Waals surface area (Å²) < 4.78 is 0. The Morgan fingerprint density at radius 3 is 1.91 bits per heavy atom. The molecule has 1 saturated heterocycles. The molecule has 2 N–H and O–H groups in total. The molecule has 0 aliphatic carbocycles. The molecule has 58 valence electrons. The number of nitrogens with zero attached hydrogens (tertiary/aromatic N) is 1. The van der Waals surface area contributed by atoms with Gasteiger partial charge in [0, 0.05) is 0 Å². The summed E-state index contributed by atoms with van der Waals surface area (Å²) in [6.07, 6.45) is 0. The van der Waals surface area contributed by atoms with Crippen LogP contribution < -0.4 is 10.6 Å². The van der Waals surface area contributed by atoms with Crippen LogP contribution in [0.4, 0.5) is 4.79 Å². The Labute approximate surface area is 60.1 Å². The van der Waals surface area contributed by atoms with Crippen molar-refractivity contribution in [3.63, 3.8) is 0 Å². The van der Waals surface area contributed by atoms with Crippen molar-refractivity contribution in [3.05, 3.63) is 4.91 Å². The summed E-state index contributed by atoms with van der Waals surface area (Å²) in [5.41, 5.74) is 0. The van der Waals surface area contributed by atoms with Crippen LogP contribution in [0, 0.1) is 4.91 Å². The highest BCUT2D eigenvalue weighted by Gasteiger charge is 2.35. The van der Waals surface area contributed by atoms with Gasteiger partial charge in [0.1, 0.15) is 0 Å². The highest BCUT2D eigenvalue weighted by atomic mass is 16.3. The largest absolute Gasteiger partial charge is 0.328 e. The maximum atomic E-state index is 10.6. The molecule has 1 fully saturated rings. The lowest BCUT2D eigenvalue weighted by atomic mass is 10.2. The second-order valence-electron chi connectivity index (χ2n) is 1.82. The number of nitrogens with one attached hydrogen (secondary N) is 2. The molecule has 0 saturated carbocycles. The topological polar surface area (TPSA) is 105 Å². The van der Waals surface area contributed by atoms with Crippen molar-refractivity contribution < 1.29 is 14.4 Å². The lowest BCUT2D eigenvalue weighted by molar-refractivity contribution is -0.131. The Morgan fingerprint density at radius 1 is 1.09 bits per heavy atom. The average Bonchev–Trinajstić information content (AvgIpc) is 1.85. The molecule has 7 heteroatoms. The molecule has 1 aliphatic rings. The highest BCUT2D eigenvalue weighted by Crippen LogP contribution is 1.95. The number of rotatable bonds is 1. The zero-order chi connectivity index (χ0) is 8.43. The van der Waals surface area contributed by atoms with Crippen molar-refractivity contribution in [1.29, 1.82) is 0 Å². The van der Waals surface area contributed by atoms with E-state index in [1.54, 1.807) is 10.6 Å². The van der Waals surface area contributed by atoms with Crippen molar-refractivity contribution in [3.8, 4) is 0 Å². The van der Waals surface area contributed by atoms with Gasteiger partial charge in [-0.3, -0.25) is 20.2 Å². The monoisotopic (exact) mass is 157 g/mol. The van der Waals surface area contributed by atoms with E-state index in [0.29, 0.717) is 0 Å². The number of carbonyl (C=O) groups is 3. The van der Waals surface area contributed by atoms with Gasteiger partial charge in [0.25, 0.3) is 11.8 Å². The maximum Gasteiger partial charge on any atom is 0.328 e. The minimum Gasteiger partial charge on any atom is -0.275 e. The van der Waals surface area contributed by atoms with Crippen molar-refractivity contribution in [2.75, 3.05) is 0 Å². The first-order valence-corrected chi connectivity index (χ1v) is 2.63. The SMILES string of the molecule is O=NC1C(=O)NC(=O)NC1=O. The van der Waals surface area contributed by atoms with E-state index in [9.17, 15) is 19.3 Å². The third kappa shape index (κ3) is 1.20. The molecule has 1 aliphatic heterocycles. The molecule has 1 heterocycles. The molecule has 0 bridgehead atoms. The molecular formula is C4H3N3O4. The number of hydrogen-bond donors (Lipinski definition) is 2. The van der Waals surface area contributed by atoms with Gasteiger partial charge >= 0.3 is 6.03 Å². The summed E-state index contributed by atoms with van der Waals surface area (Å²) in [6.45, 7) is 0. The molecule has 0 spiro atoms. The molecule has 0 unspecified atom stereocenters. The van der Waals surface area contributed by atoms with Gasteiger partial charge in [-0.15, -0.1) is 4.91 Å². The first-order valence-electron chi connectivity index (χ1n) is 2.63. The fraction of sp³-hybridized carbons (Fsp3) is 0.250. The molecule has 1 rings (SSSR count). The average molecular weight is 157 g/mol. The third-order valence-electron chi connectivity index (χ3n) is 1.08. The van der Waals surface area contributed by atoms with E-state index in [1.165, 1.54) is 0 Å². The van der Waals surface area contributed by atoms with Gasteiger partial charge in [-0.2, -0.15) is 0 Å². The standard InChI is InChI=1S/C4H3N3O4/c8-2-1(7-11)3(9)6-4(10)5-2/h1H,(H2,5,6,8,9,10). The summed E-state index contributed by atoms with van der Waals surface area (Å²) in [5.74, 6) is -1.98. The number of barbiturate groups is 1. The minimum atomic E-state index is -1.65. The van der Waals surface area contributed by atoms with Crippen molar-refractivity contribution in [2.45, 2.75) is 6.04 Å². The molecule has 0 aromatic heterocycles. The van der Waals surface area contributed by atoms with Crippen LogP contribution in [0.3, 0.4) is 0 Å². The molecule has 7 nitrogen and oxygen atoms in total. The second kappa shape index (κ2) is 2.45. The number of urea groups is 1. The predicted molar refractivity (Wildman–Crippen MR) is 31.3 cm³/mol. The normalized spacial score (nSPS) is 19.1. The van der Waals surface area contributed by atoms with Gasteiger partial charge in [-0.25, -0.2) is 4.79 Å². The number of amides is 4. The fourth-order valence-corrected chi connectivity index (χ4v) is 0.607. The van der Waals surface area contributed by atoms with Crippen LogP contribution in [-0.2, 0) is 9.59 Å². The van der Waals surface area contributed by atoms with Gasteiger partial charge in [0.05, 0.1) is 0 Å². The Hall–Kier alpha value is -1.79. The Kier molecular flexibility index (Phi) is 1.63. The molecule has 0 aromatic carbocycles. The molecule has 11 heavy (non-hydrogen) atoms. The second-order valence-corrected chi connectivity index (χ2v) is 1.82. The molecule has 0 aromatic rings. The van der Waals surface area contributed by atoms with Crippen LogP contribution in [-0.4, -0.2) is 23.9 Å². The molecule has 4 amide bonds. The van der Waals surface area contributed by atoms with Gasteiger partial charge in [0.2, 0.25) is 6.04 Å². The number of imide groups is 2. The van der Waals surface area contributed by atoms with Gasteiger partial charge in [-0.1, -0.05) is 0 Å². The molecular weight excluding hydrogens is 154 g/mol. The van der Waals surface area contributed by atoms with E-state index >= 15 is 0 Å². The van der Waals surface area contributed by atoms with Crippen LogP contribution in [0.25, 0.3) is 0 Å². The van der Waals surface area contributed by atoms with E-state index in [1.807, 2.05) is 0 Å². The third-order valence-corrected chi connectivity index (χ3v) is 1.08. The summed E-state index contributed by atoms with van der Waals surface area (Å²) >= 11 is 0. The first-order chi connectivity index (χ1) is 5.15. The smallest absolute Gasteiger partial charge is 0.275 e. The quantitative estimate of drug-likeness (QED) is 0.356. The van der Waals surface area contributed by atoms with Crippen molar-refractivity contribution in [1.82, 2.24) is 10.6 Å². The lowest BCUT2D eigenvalue weighted by Gasteiger charge is -2.14.